The summed E-state index contributed by atoms with van der Waals surface area (Å²) in [5.41, 5.74) is 4.44. The average Bonchev–Trinajstić information content (AvgIpc) is 1.79. The van der Waals surface area contributed by atoms with Crippen molar-refractivity contribution in [1.82, 2.24) is 0 Å². The molecule has 11 heavy (non-hydrogen) atoms. The molecule has 3 nitrogen and oxygen atoms in total. The van der Waals surface area contributed by atoms with E-state index in [0.29, 0.717) is 12.8 Å². The Hall–Kier alpha value is -0.570. The number of aliphatic hydroxyl groups is 1. The van der Waals surface area contributed by atoms with E-state index in [2.05, 4.69) is 0 Å². The van der Waals surface area contributed by atoms with Crippen molar-refractivity contribution in [2.45, 2.75) is 32.3 Å². The van der Waals surface area contributed by atoms with Gasteiger partial charge in [0.05, 0.1) is 5.60 Å². The highest BCUT2D eigenvalue weighted by Gasteiger charge is 2.47. The maximum absolute atomic E-state index is 10.6. The first-order valence-corrected chi connectivity index (χ1v) is 3.97. The number of rotatable bonds is 2. The number of primary amides is 1. The van der Waals surface area contributed by atoms with Crippen LogP contribution in [-0.4, -0.2) is 16.6 Å². The fraction of sp³-hybridized carbons (Fsp3) is 0.875. The van der Waals surface area contributed by atoms with E-state index in [4.69, 9.17) is 5.73 Å². The highest BCUT2D eigenvalue weighted by molar-refractivity contribution is 5.78. The second-order valence-corrected chi connectivity index (χ2v) is 3.77. The molecule has 0 radical (unpaired) electrons. The Labute approximate surface area is 66.6 Å². The summed E-state index contributed by atoms with van der Waals surface area (Å²) in [4.78, 5) is 10.6. The smallest absolute Gasteiger partial charge is 0.220 e. The zero-order valence-corrected chi connectivity index (χ0v) is 7.00. The molecule has 1 aliphatic carbocycles. The maximum atomic E-state index is 10.6. The van der Waals surface area contributed by atoms with Gasteiger partial charge < -0.3 is 10.8 Å². The second kappa shape index (κ2) is 2.48. The van der Waals surface area contributed by atoms with Gasteiger partial charge in [0.1, 0.15) is 0 Å². The Morgan fingerprint density at radius 1 is 1.64 bits per heavy atom. The van der Waals surface area contributed by atoms with Gasteiger partial charge in [0.2, 0.25) is 5.91 Å². The van der Waals surface area contributed by atoms with Gasteiger partial charge in [-0.2, -0.15) is 0 Å². The summed E-state index contributed by atoms with van der Waals surface area (Å²) in [6.07, 6.45) is 1.08. The van der Waals surface area contributed by atoms with Crippen molar-refractivity contribution in [1.29, 1.82) is 0 Å². The summed E-state index contributed by atoms with van der Waals surface area (Å²) in [7, 11) is 0. The van der Waals surface area contributed by atoms with E-state index in [1.807, 2.05) is 13.8 Å². The van der Waals surface area contributed by atoms with Gasteiger partial charge >= 0.3 is 0 Å². The van der Waals surface area contributed by atoms with Crippen LogP contribution in [0.1, 0.15) is 26.7 Å². The summed E-state index contributed by atoms with van der Waals surface area (Å²) in [5, 5.41) is 9.70. The summed E-state index contributed by atoms with van der Waals surface area (Å²) in [6.45, 7) is 3.91. The first-order valence-electron chi connectivity index (χ1n) is 3.97. The lowest BCUT2D eigenvalue weighted by molar-refractivity contribution is -0.145. The standard InChI is InChI=1S/C8H15NO2/c1-5(2)8(11)3-6(4-8)7(9)10/h5-6,11H,3-4H2,1-2H3,(H2,9,10). The number of amides is 1. The zero-order chi connectivity index (χ0) is 8.65. The van der Waals surface area contributed by atoms with Crippen molar-refractivity contribution >= 4 is 5.91 Å². The molecule has 1 fully saturated rings. The fourth-order valence-electron chi connectivity index (χ4n) is 1.47. The molecule has 3 heteroatoms. The molecule has 1 aliphatic rings. The average molecular weight is 157 g/mol. The van der Waals surface area contributed by atoms with Gasteiger partial charge in [-0.1, -0.05) is 13.8 Å². The molecular formula is C8H15NO2. The van der Waals surface area contributed by atoms with Gasteiger partial charge in [-0.25, -0.2) is 0 Å². The first-order chi connectivity index (χ1) is 4.96. The first kappa shape index (κ1) is 8.53. The van der Waals surface area contributed by atoms with E-state index in [-0.39, 0.29) is 17.7 Å². The van der Waals surface area contributed by atoms with Crippen LogP contribution in [0.15, 0.2) is 0 Å². The van der Waals surface area contributed by atoms with Gasteiger partial charge in [-0.3, -0.25) is 4.79 Å². The molecule has 0 aromatic rings. The monoisotopic (exact) mass is 157 g/mol. The zero-order valence-electron chi connectivity index (χ0n) is 7.00. The second-order valence-electron chi connectivity index (χ2n) is 3.77. The quantitative estimate of drug-likeness (QED) is 0.604. The minimum Gasteiger partial charge on any atom is -0.390 e. The number of carbonyl (C=O) groups excluding carboxylic acids is 1. The van der Waals surface area contributed by atoms with Crippen molar-refractivity contribution in [3.63, 3.8) is 0 Å². The van der Waals surface area contributed by atoms with Crippen LogP contribution in [0.5, 0.6) is 0 Å². The van der Waals surface area contributed by atoms with Crippen LogP contribution < -0.4 is 5.73 Å². The van der Waals surface area contributed by atoms with E-state index in [1.165, 1.54) is 0 Å². The van der Waals surface area contributed by atoms with Crippen molar-refractivity contribution < 1.29 is 9.90 Å². The molecular weight excluding hydrogens is 142 g/mol. The fourth-order valence-corrected chi connectivity index (χ4v) is 1.47. The van der Waals surface area contributed by atoms with Crippen LogP contribution >= 0.6 is 0 Å². The van der Waals surface area contributed by atoms with E-state index >= 15 is 0 Å². The largest absolute Gasteiger partial charge is 0.390 e. The molecule has 0 atom stereocenters. The molecule has 1 saturated carbocycles. The van der Waals surface area contributed by atoms with Gasteiger partial charge in [-0.05, 0) is 18.8 Å². The number of nitrogens with two attached hydrogens (primary N) is 1. The molecule has 0 aromatic carbocycles. The van der Waals surface area contributed by atoms with Crippen LogP contribution in [0.2, 0.25) is 0 Å². The third-order valence-corrected chi connectivity index (χ3v) is 2.68. The van der Waals surface area contributed by atoms with Crippen molar-refractivity contribution in [2.75, 3.05) is 0 Å². The summed E-state index contributed by atoms with van der Waals surface area (Å²) in [5.74, 6) is -0.157. The van der Waals surface area contributed by atoms with Crippen molar-refractivity contribution in [2.24, 2.45) is 17.6 Å². The molecule has 1 amide bonds. The Morgan fingerprint density at radius 2 is 2.09 bits per heavy atom. The molecule has 0 heterocycles. The van der Waals surface area contributed by atoms with E-state index in [1.54, 1.807) is 0 Å². The molecule has 0 unspecified atom stereocenters. The third-order valence-electron chi connectivity index (χ3n) is 2.68. The van der Waals surface area contributed by atoms with Crippen LogP contribution in [-0.2, 0) is 4.79 Å². The predicted molar refractivity (Wildman–Crippen MR) is 41.7 cm³/mol. The van der Waals surface area contributed by atoms with E-state index in [0.717, 1.165) is 0 Å². The predicted octanol–water partition coefficient (Wildman–Crippen LogP) is 0.269. The normalized spacial score (nSPS) is 36.9. The summed E-state index contributed by atoms with van der Waals surface area (Å²) >= 11 is 0. The number of hydrogen-bond acceptors (Lipinski definition) is 2. The van der Waals surface area contributed by atoms with Crippen LogP contribution in [0.4, 0.5) is 0 Å². The number of carbonyl (C=O) groups is 1. The molecule has 0 aromatic heterocycles. The highest BCUT2D eigenvalue weighted by atomic mass is 16.3. The summed E-state index contributed by atoms with van der Waals surface area (Å²) < 4.78 is 0. The SMILES string of the molecule is CC(C)C1(O)CC(C(N)=O)C1. The van der Waals surface area contributed by atoms with Crippen LogP contribution in [0.3, 0.4) is 0 Å². The van der Waals surface area contributed by atoms with E-state index in [9.17, 15) is 9.90 Å². The Morgan fingerprint density at radius 3 is 2.36 bits per heavy atom. The Bertz CT molecular complexity index is 171. The lowest BCUT2D eigenvalue weighted by atomic mass is 9.65. The molecule has 0 saturated heterocycles. The number of hydrogen-bond donors (Lipinski definition) is 2. The molecule has 0 aliphatic heterocycles. The lowest BCUT2D eigenvalue weighted by Gasteiger charge is -2.45. The van der Waals surface area contributed by atoms with Crippen LogP contribution in [0.25, 0.3) is 0 Å². The topological polar surface area (TPSA) is 63.3 Å². The molecule has 0 spiro atoms. The van der Waals surface area contributed by atoms with Gasteiger partial charge in [0.15, 0.2) is 0 Å². The highest BCUT2D eigenvalue weighted by Crippen LogP contribution is 2.42. The van der Waals surface area contributed by atoms with Gasteiger partial charge in [0, 0.05) is 5.92 Å². The van der Waals surface area contributed by atoms with Gasteiger partial charge in [0.25, 0.3) is 0 Å². The Balaban J connectivity index is 2.44. The lowest BCUT2D eigenvalue weighted by Crippen LogP contribution is -2.52. The minimum atomic E-state index is -0.625. The molecule has 3 N–H and O–H groups in total. The Kier molecular flexibility index (Phi) is 1.92. The van der Waals surface area contributed by atoms with Crippen molar-refractivity contribution in [3.05, 3.63) is 0 Å². The third kappa shape index (κ3) is 1.38. The van der Waals surface area contributed by atoms with Gasteiger partial charge in [-0.15, -0.1) is 0 Å². The summed E-state index contributed by atoms with van der Waals surface area (Å²) in [6, 6.07) is 0. The molecule has 0 bridgehead atoms. The molecule has 1 rings (SSSR count). The maximum Gasteiger partial charge on any atom is 0.220 e. The van der Waals surface area contributed by atoms with E-state index < -0.39 is 5.60 Å². The molecule has 64 valence electrons. The minimum absolute atomic E-state index is 0.0950. The van der Waals surface area contributed by atoms with Crippen molar-refractivity contribution in [3.8, 4) is 0 Å². The van der Waals surface area contributed by atoms with Crippen LogP contribution in [0, 0.1) is 11.8 Å².